The average molecular weight is 367 g/mol. The Morgan fingerprint density at radius 3 is 2.60 bits per heavy atom. The van der Waals surface area contributed by atoms with Crippen molar-refractivity contribution < 1.29 is 17.7 Å². The van der Waals surface area contributed by atoms with Crippen LogP contribution in [0.3, 0.4) is 0 Å². The number of hydrogen-bond acceptors (Lipinski definition) is 4. The Kier molecular flexibility index (Phi) is 5.29. The van der Waals surface area contributed by atoms with E-state index in [1.54, 1.807) is 24.3 Å². The molecule has 0 saturated heterocycles. The molecule has 3 rings (SSSR count). The van der Waals surface area contributed by atoms with E-state index in [0.29, 0.717) is 11.8 Å². The predicted octanol–water partition coefficient (Wildman–Crippen LogP) is 3.91. The van der Waals surface area contributed by atoms with E-state index in [2.05, 4.69) is 13.8 Å². The molecule has 0 radical (unpaired) electrons. The van der Waals surface area contributed by atoms with Crippen LogP contribution in [0.4, 0.5) is 0 Å². The van der Waals surface area contributed by atoms with E-state index in [9.17, 15) is 13.5 Å². The van der Waals surface area contributed by atoms with Crippen LogP contribution in [-0.2, 0) is 14.3 Å². The zero-order chi connectivity index (χ0) is 18.2. The molecule has 4 nitrogen and oxygen atoms in total. The van der Waals surface area contributed by atoms with Gasteiger partial charge in [-0.25, -0.2) is 0 Å². The lowest BCUT2D eigenvalue weighted by Crippen LogP contribution is -2.42. The predicted molar refractivity (Wildman–Crippen MR) is 97.7 cm³/mol. The van der Waals surface area contributed by atoms with Gasteiger partial charge in [-0.15, -0.1) is 0 Å². The van der Waals surface area contributed by atoms with Gasteiger partial charge in [0.25, 0.3) is 10.1 Å². The maximum absolute atomic E-state index is 12.4. The van der Waals surface area contributed by atoms with Gasteiger partial charge in [0, 0.05) is 0 Å². The number of aryl methyl sites for hydroxylation is 1. The highest BCUT2D eigenvalue weighted by Crippen LogP contribution is 2.57. The van der Waals surface area contributed by atoms with E-state index >= 15 is 0 Å². The Morgan fingerprint density at radius 1 is 1.24 bits per heavy atom. The third-order valence-electron chi connectivity index (χ3n) is 6.65. The van der Waals surface area contributed by atoms with Crippen molar-refractivity contribution in [3.63, 3.8) is 0 Å². The Labute approximate surface area is 151 Å². The van der Waals surface area contributed by atoms with Crippen LogP contribution in [0.5, 0.6) is 0 Å². The van der Waals surface area contributed by atoms with Crippen molar-refractivity contribution in [2.45, 2.75) is 63.9 Å². The van der Waals surface area contributed by atoms with Crippen LogP contribution in [0.1, 0.15) is 51.5 Å². The summed E-state index contributed by atoms with van der Waals surface area (Å²) < 4.78 is 30.2. The summed E-state index contributed by atoms with van der Waals surface area (Å²) in [5, 5.41) is 10.3. The van der Waals surface area contributed by atoms with Crippen LogP contribution in [0.2, 0.25) is 0 Å². The fourth-order valence-corrected chi connectivity index (χ4v) is 6.21. The van der Waals surface area contributed by atoms with Crippen LogP contribution >= 0.6 is 0 Å². The fraction of sp³-hybridized carbons (Fsp3) is 0.700. The van der Waals surface area contributed by atoms with Gasteiger partial charge < -0.3 is 5.11 Å². The molecule has 1 aromatic rings. The molecule has 5 atom stereocenters. The highest BCUT2D eigenvalue weighted by Gasteiger charge is 2.52. The van der Waals surface area contributed by atoms with E-state index in [0.717, 1.165) is 37.7 Å². The SMILES string of the molecule is Cc1ccc(S(=O)(=O)OC[C@H](C)[C@@H]2CC[C@@H]3[C@H](O)CCC[C@@]32C)cc1. The second-order valence-electron chi connectivity index (χ2n) is 8.28. The first-order valence-electron chi connectivity index (χ1n) is 9.38. The summed E-state index contributed by atoms with van der Waals surface area (Å²) in [6.07, 6.45) is 4.96. The lowest BCUT2D eigenvalue weighted by atomic mass is 9.62. The minimum absolute atomic E-state index is 0.105. The molecule has 0 spiro atoms. The van der Waals surface area contributed by atoms with Crippen molar-refractivity contribution in [3.8, 4) is 0 Å². The molecule has 0 aliphatic heterocycles. The molecule has 140 valence electrons. The lowest BCUT2D eigenvalue weighted by molar-refractivity contribution is -0.0307. The molecule has 2 saturated carbocycles. The van der Waals surface area contributed by atoms with Gasteiger partial charge >= 0.3 is 0 Å². The van der Waals surface area contributed by atoms with Gasteiger partial charge in [-0.1, -0.05) is 38.0 Å². The first-order chi connectivity index (χ1) is 11.7. The summed E-state index contributed by atoms with van der Waals surface area (Å²) in [5.74, 6) is 0.906. The third kappa shape index (κ3) is 3.64. The Bertz CT molecular complexity index is 697. The van der Waals surface area contributed by atoms with E-state index in [1.165, 1.54) is 0 Å². The fourth-order valence-electron chi connectivity index (χ4n) is 5.21. The number of benzene rings is 1. The van der Waals surface area contributed by atoms with Crippen LogP contribution in [0.15, 0.2) is 29.2 Å². The van der Waals surface area contributed by atoms with Gasteiger partial charge in [0.2, 0.25) is 0 Å². The molecule has 0 heterocycles. The maximum Gasteiger partial charge on any atom is 0.296 e. The summed E-state index contributed by atoms with van der Waals surface area (Å²) in [5.41, 5.74) is 1.13. The molecule has 0 amide bonds. The molecular weight excluding hydrogens is 336 g/mol. The van der Waals surface area contributed by atoms with Crippen LogP contribution in [0, 0.1) is 30.1 Å². The van der Waals surface area contributed by atoms with Gasteiger partial charge in [-0.05, 0) is 67.9 Å². The normalized spacial score (nSPS) is 33.8. The van der Waals surface area contributed by atoms with E-state index in [1.807, 2.05) is 6.92 Å². The molecule has 2 aliphatic carbocycles. The zero-order valence-corrected chi connectivity index (χ0v) is 16.3. The highest BCUT2D eigenvalue weighted by molar-refractivity contribution is 7.86. The second kappa shape index (κ2) is 7.01. The number of hydrogen-bond donors (Lipinski definition) is 1. The molecule has 0 bridgehead atoms. The van der Waals surface area contributed by atoms with E-state index < -0.39 is 10.1 Å². The van der Waals surface area contributed by atoms with Gasteiger partial charge in [-0.2, -0.15) is 8.42 Å². The van der Waals surface area contributed by atoms with Crippen molar-refractivity contribution in [1.82, 2.24) is 0 Å². The highest BCUT2D eigenvalue weighted by atomic mass is 32.2. The second-order valence-corrected chi connectivity index (χ2v) is 9.90. The Morgan fingerprint density at radius 2 is 1.92 bits per heavy atom. The van der Waals surface area contributed by atoms with Crippen molar-refractivity contribution in [1.29, 1.82) is 0 Å². The van der Waals surface area contributed by atoms with Gasteiger partial charge in [0.1, 0.15) is 0 Å². The lowest BCUT2D eigenvalue weighted by Gasteiger charge is -2.45. The Hall–Kier alpha value is -0.910. The van der Waals surface area contributed by atoms with Gasteiger partial charge in [0.15, 0.2) is 0 Å². The van der Waals surface area contributed by atoms with Gasteiger partial charge in [0.05, 0.1) is 17.6 Å². The van der Waals surface area contributed by atoms with E-state index in [4.69, 9.17) is 4.18 Å². The molecule has 1 N–H and O–H groups in total. The maximum atomic E-state index is 12.4. The van der Waals surface area contributed by atoms with Crippen molar-refractivity contribution >= 4 is 10.1 Å². The number of aliphatic hydroxyl groups is 1. The zero-order valence-electron chi connectivity index (χ0n) is 15.4. The summed E-state index contributed by atoms with van der Waals surface area (Å²) in [7, 11) is -3.71. The minimum atomic E-state index is -3.71. The third-order valence-corrected chi connectivity index (χ3v) is 7.94. The summed E-state index contributed by atoms with van der Waals surface area (Å²) in [4.78, 5) is 0.217. The molecule has 2 fully saturated rings. The van der Waals surface area contributed by atoms with Crippen LogP contribution in [-0.4, -0.2) is 26.2 Å². The Balaban J connectivity index is 1.66. The van der Waals surface area contributed by atoms with Crippen molar-refractivity contribution in [3.05, 3.63) is 29.8 Å². The summed E-state index contributed by atoms with van der Waals surface area (Å²) in [6, 6.07) is 6.76. The summed E-state index contributed by atoms with van der Waals surface area (Å²) >= 11 is 0. The van der Waals surface area contributed by atoms with Crippen molar-refractivity contribution in [2.75, 3.05) is 6.61 Å². The summed E-state index contributed by atoms with van der Waals surface area (Å²) in [6.45, 7) is 6.50. The first-order valence-corrected chi connectivity index (χ1v) is 10.8. The molecule has 5 heteroatoms. The smallest absolute Gasteiger partial charge is 0.296 e. The number of aliphatic hydroxyl groups excluding tert-OH is 1. The number of rotatable bonds is 5. The van der Waals surface area contributed by atoms with Gasteiger partial charge in [-0.3, -0.25) is 4.18 Å². The van der Waals surface area contributed by atoms with Crippen LogP contribution < -0.4 is 0 Å². The van der Waals surface area contributed by atoms with Crippen LogP contribution in [0.25, 0.3) is 0 Å². The number of fused-ring (bicyclic) bond motifs is 1. The molecule has 0 aromatic heterocycles. The molecule has 1 aromatic carbocycles. The molecule has 25 heavy (non-hydrogen) atoms. The average Bonchev–Trinajstić information content (AvgIpc) is 2.92. The quantitative estimate of drug-likeness (QED) is 0.803. The molecule has 0 unspecified atom stereocenters. The molecular formula is C20H30O4S. The van der Waals surface area contributed by atoms with E-state index in [-0.39, 0.29) is 28.9 Å². The first kappa shape index (κ1) is 18.9. The van der Waals surface area contributed by atoms with Crippen molar-refractivity contribution in [2.24, 2.45) is 23.2 Å². The minimum Gasteiger partial charge on any atom is -0.393 e. The largest absolute Gasteiger partial charge is 0.393 e. The topological polar surface area (TPSA) is 63.6 Å². The molecule has 2 aliphatic rings. The monoisotopic (exact) mass is 366 g/mol. The standard InChI is InChI=1S/C20H30O4S/c1-14-6-8-16(9-7-14)25(22,23)24-13-15(2)17-10-11-18-19(21)5-4-12-20(17,18)3/h6-9,15,17-19,21H,4-5,10-13H2,1-3H3/t15-,17-,18+,19+,20+/m0/s1.